The number of carbonyl (C=O) groups excluding carboxylic acids is 1. The maximum Gasteiger partial charge on any atom is 0.490 e. The van der Waals surface area contributed by atoms with Gasteiger partial charge in [0.05, 0.1) is 12.9 Å². The van der Waals surface area contributed by atoms with E-state index in [4.69, 9.17) is 37.2 Å². The van der Waals surface area contributed by atoms with E-state index in [2.05, 4.69) is 38.7 Å². The van der Waals surface area contributed by atoms with Gasteiger partial charge in [0.15, 0.2) is 11.9 Å². The Labute approximate surface area is 229 Å². The van der Waals surface area contributed by atoms with Crippen molar-refractivity contribution in [1.29, 1.82) is 0 Å². The van der Waals surface area contributed by atoms with Gasteiger partial charge < -0.3 is 55.5 Å². The molecular formula is C15H26N7O14P3S. The fourth-order valence-electron chi connectivity index (χ4n) is 3.41. The Morgan fingerprint density at radius 2 is 1.93 bits per heavy atom. The molecule has 1 amide bonds. The standard InChI is InChI=1S/C15H26N7O14P3S/c1-17-2-3-18-8(23)5-32-11-10(24)7(4-33-38(28,29)36-39(30,31)35-37(25,26)27)34-14(11)22-6-19-9-12(22)20-15(16)21-13(9)40/h6-7,10-11,14,17,24H,2-5H2,1H3,(H,18,23)(H,28,29)(H,30,31)(H2,25,26,27)(H3,16,20,21,40)/t7-,10+,11?,14-/m1/s1. The number of rotatable bonds is 14. The number of imidazole rings is 1. The molecule has 1 fully saturated rings. The molecule has 3 heterocycles. The highest BCUT2D eigenvalue weighted by atomic mass is 32.1. The molecule has 2 aromatic rings. The Bertz CT molecular complexity index is 1420. The van der Waals surface area contributed by atoms with Crippen LogP contribution < -0.4 is 16.4 Å². The number of phosphoric acid groups is 3. The second kappa shape index (κ2) is 13.1. The van der Waals surface area contributed by atoms with Gasteiger partial charge in [-0.15, -0.1) is 0 Å². The SMILES string of the molecule is CNCCNC(=O)COC1[C@@H](O)[C@@H](COP(=O)(O)OP(=O)(O)OP(=O)(O)O)O[C@H]1n1cnc2c(=S)[nH]c(N)nc21. The summed E-state index contributed by atoms with van der Waals surface area (Å²) in [6, 6.07) is 0. The van der Waals surface area contributed by atoms with E-state index in [1.807, 2.05) is 0 Å². The zero-order chi connectivity index (χ0) is 29.9. The molecule has 1 aliphatic rings. The van der Waals surface area contributed by atoms with Crippen LogP contribution in [0.25, 0.3) is 11.2 Å². The molecule has 21 nitrogen and oxygen atoms in total. The summed E-state index contributed by atoms with van der Waals surface area (Å²) in [6.07, 6.45) is -4.56. The Kier molecular flexibility index (Phi) is 10.7. The van der Waals surface area contributed by atoms with Gasteiger partial charge in [-0.05, 0) is 7.05 Å². The molecule has 1 aliphatic heterocycles. The van der Waals surface area contributed by atoms with Crippen LogP contribution in [0.1, 0.15) is 6.23 Å². The number of nitrogen functional groups attached to an aromatic ring is 1. The molecule has 0 radical (unpaired) electrons. The lowest BCUT2D eigenvalue weighted by Crippen LogP contribution is -2.39. The lowest BCUT2D eigenvalue weighted by atomic mass is 10.1. The third kappa shape index (κ3) is 8.89. The molecule has 3 rings (SSSR count). The number of carbonyl (C=O) groups is 1. The Morgan fingerprint density at radius 3 is 2.58 bits per heavy atom. The Morgan fingerprint density at radius 1 is 1.23 bits per heavy atom. The third-order valence-electron chi connectivity index (χ3n) is 4.96. The highest BCUT2D eigenvalue weighted by Crippen LogP contribution is 2.66. The van der Waals surface area contributed by atoms with Crippen LogP contribution in [0.4, 0.5) is 5.95 Å². The Balaban J connectivity index is 1.80. The van der Waals surface area contributed by atoms with Crippen molar-refractivity contribution in [3.8, 4) is 0 Å². The number of nitrogens with one attached hydrogen (secondary N) is 3. The zero-order valence-electron chi connectivity index (χ0n) is 20.3. The predicted octanol–water partition coefficient (Wildman–Crippen LogP) is -1.61. The topological polar surface area (TPSA) is 312 Å². The number of likely N-dealkylation sites (N-methyl/N-ethyl adjacent to an activating group) is 1. The highest BCUT2D eigenvalue weighted by molar-refractivity contribution is 7.71. The summed E-state index contributed by atoms with van der Waals surface area (Å²) >= 11 is 5.17. The van der Waals surface area contributed by atoms with Gasteiger partial charge in [-0.2, -0.15) is 13.6 Å². The number of aromatic nitrogens is 4. The van der Waals surface area contributed by atoms with Crippen molar-refractivity contribution >= 4 is 58.7 Å². The van der Waals surface area contributed by atoms with Crippen molar-refractivity contribution in [2.24, 2.45) is 0 Å². The molecular weight excluding hydrogens is 627 g/mol. The molecule has 2 aromatic heterocycles. The molecule has 10 N–H and O–H groups in total. The minimum Gasteiger partial charge on any atom is -0.387 e. The molecule has 0 spiro atoms. The van der Waals surface area contributed by atoms with Crippen LogP contribution in [0, 0.1) is 4.64 Å². The lowest BCUT2D eigenvalue weighted by Gasteiger charge is -2.22. The van der Waals surface area contributed by atoms with Gasteiger partial charge in [0, 0.05) is 13.1 Å². The maximum absolute atomic E-state index is 12.2. The molecule has 0 aliphatic carbocycles. The molecule has 226 valence electrons. The van der Waals surface area contributed by atoms with Crippen molar-refractivity contribution in [1.82, 2.24) is 30.2 Å². The molecule has 3 unspecified atom stereocenters. The predicted molar refractivity (Wildman–Crippen MR) is 134 cm³/mol. The number of anilines is 1. The number of phosphoric ester groups is 1. The number of nitrogens with two attached hydrogens (primary N) is 1. The number of fused-ring (bicyclic) bond motifs is 1. The molecule has 25 heteroatoms. The first-order valence-electron chi connectivity index (χ1n) is 10.9. The lowest BCUT2D eigenvalue weighted by molar-refractivity contribution is -0.132. The molecule has 0 saturated carbocycles. The monoisotopic (exact) mass is 653 g/mol. The number of amides is 1. The van der Waals surface area contributed by atoms with Crippen molar-refractivity contribution < 1.29 is 65.8 Å². The number of hydrogen-bond donors (Lipinski definition) is 9. The molecule has 1 saturated heterocycles. The molecule has 6 atom stereocenters. The van der Waals surface area contributed by atoms with Crippen molar-refractivity contribution in [2.45, 2.75) is 24.5 Å². The molecule has 40 heavy (non-hydrogen) atoms. The first kappa shape index (κ1) is 32.8. The van der Waals surface area contributed by atoms with Crippen LogP contribution in [0.15, 0.2) is 6.33 Å². The largest absolute Gasteiger partial charge is 0.490 e. The Hall–Kier alpha value is -1.71. The number of nitrogens with zero attached hydrogens (tertiary/aromatic N) is 3. The third-order valence-corrected chi connectivity index (χ3v) is 9.06. The van der Waals surface area contributed by atoms with E-state index in [0.717, 1.165) is 0 Å². The molecule has 0 bridgehead atoms. The van der Waals surface area contributed by atoms with Gasteiger partial charge in [0.25, 0.3) is 0 Å². The van der Waals surface area contributed by atoms with E-state index in [9.17, 15) is 33.4 Å². The minimum absolute atomic E-state index is 0.0802. The van der Waals surface area contributed by atoms with Gasteiger partial charge in [0.2, 0.25) is 11.9 Å². The van der Waals surface area contributed by atoms with Crippen molar-refractivity contribution in [3.63, 3.8) is 0 Å². The van der Waals surface area contributed by atoms with Gasteiger partial charge in [-0.1, -0.05) is 12.2 Å². The van der Waals surface area contributed by atoms with E-state index in [1.54, 1.807) is 7.05 Å². The van der Waals surface area contributed by atoms with Crippen LogP contribution in [0.3, 0.4) is 0 Å². The van der Waals surface area contributed by atoms with E-state index in [-0.39, 0.29) is 28.3 Å². The fourth-order valence-corrected chi connectivity index (χ4v) is 6.69. The van der Waals surface area contributed by atoms with Gasteiger partial charge in [0.1, 0.15) is 35.1 Å². The zero-order valence-corrected chi connectivity index (χ0v) is 23.8. The van der Waals surface area contributed by atoms with Gasteiger partial charge in [-0.3, -0.25) is 13.9 Å². The number of H-pyrrole nitrogens is 1. The summed E-state index contributed by atoms with van der Waals surface area (Å²) in [7, 11) is -15.2. The van der Waals surface area contributed by atoms with Crippen molar-refractivity contribution in [2.75, 3.05) is 39.1 Å². The first-order valence-corrected chi connectivity index (χ1v) is 15.8. The van der Waals surface area contributed by atoms with Crippen LogP contribution in [-0.2, 0) is 41.1 Å². The quantitative estimate of drug-likeness (QED) is 0.0629. The van der Waals surface area contributed by atoms with Gasteiger partial charge >= 0.3 is 23.5 Å². The smallest absolute Gasteiger partial charge is 0.387 e. The van der Waals surface area contributed by atoms with Crippen LogP contribution in [-0.4, -0.2) is 102 Å². The maximum atomic E-state index is 12.2. The summed E-state index contributed by atoms with van der Waals surface area (Å²) in [5.41, 5.74) is 6.03. The van der Waals surface area contributed by atoms with E-state index >= 15 is 0 Å². The second-order valence-electron chi connectivity index (χ2n) is 7.95. The summed E-state index contributed by atoms with van der Waals surface area (Å²) < 4.78 is 59.1. The van der Waals surface area contributed by atoms with E-state index in [1.165, 1.54) is 10.9 Å². The van der Waals surface area contributed by atoms with E-state index in [0.29, 0.717) is 6.54 Å². The van der Waals surface area contributed by atoms with Crippen molar-refractivity contribution in [3.05, 3.63) is 11.0 Å². The summed E-state index contributed by atoms with van der Waals surface area (Å²) in [4.78, 5) is 59.3. The normalized spacial score (nSPS) is 24.6. The van der Waals surface area contributed by atoms with Crippen LogP contribution >= 0.6 is 35.7 Å². The average molecular weight is 653 g/mol. The van der Waals surface area contributed by atoms with Gasteiger partial charge in [-0.25, -0.2) is 18.7 Å². The summed E-state index contributed by atoms with van der Waals surface area (Å²) in [6.45, 7) is -0.781. The average Bonchev–Trinajstić information content (AvgIpc) is 3.35. The molecule has 0 aromatic carbocycles. The second-order valence-corrected chi connectivity index (χ2v) is 12.8. The van der Waals surface area contributed by atoms with Crippen LogP contribution in [0.2, 0.25) is 0 Å². The van der Waals surface area contributed by atoms with Crippen LogP contribution in [0.5, 0.6) is 0 Å². The number of aromatic amines is 1. The minimum atomic E-state index is -5.77. The number of ether oxygens (including phenoxy) is 2. The number of aliphatic hydroxyl groups is 1. The summed E-state index contributed by atoms with van der Waals surface area (Å²) in [5.74, 6) is -0.624. The first-order chi connectivity index (χ1) is 18.5. The van der Waals surface area contributed by atoms with E-state index < -0.39 is 67.1 Å². The summed E-state index contributed by atoms with van der Waals surface area (Å²) in [5, 5.41) is 16.3. The number of hydrogen-bond acceptors (Lipinski definition) is 15. The fraction of sp³-hybridized carbons (Fsp3) is 0.600. The highest BCUT2D eigenvalue weighted by Gasteiger charge is 2.48. The number of aliphatic hydroxyl groups excluding tert-OH is 1.